The number of hydrogen-bond acceptors (Lipinski definition) is 5. The van der Waals surface area contributed by atoms with Gasteiger partial charge in [-0.05, 0) is 39.8 Å². The monoisotopic (exact) mass is 375 g/mol. The van der Waals surface area contributed by atoms with Crippen molar-refractivity contribution in [2.45, 2.75) is 45.3 Å². The predicted octanol–water partition coefficient (Wildman–Crippen LogP) is 1.30. The standard InChI is InChI=1S/C20H33N5O2/c1-15-14-17-18(21-22(3)19(17)16(2)27-15)20(26)25-12-10-24(11-13-25)9-8-23-6-4-5-7-23/h15-16H,4-14H2,1-3H3/t15-,16+/m1/s1. The summed E-state index contributed by atoms with van der Waals surface area (Å²) in [6.07, 6.45) is 3.58. The normalized spacial score (nSPS) is 27.1. The molecule has 0 spiro atoms. The fourth-order valence-electron chi connectivity index (χ4n) is 4.82. The first kappa shape index (κ1) is 18.9. The lowest BCUT2D eigenvalue weighted by molar-refractivity contribution is -0.00908. The lowest BCUT2D eigenvalue weighted by atomic mass is 9.99. The van der Waals surface area contributed by atoms with Gasteiger partial charge in [0.05, 0.1) is 17.9 Å². The molecule has 1 aromatic rings. The Hall–Kier alpha value is -1.44. The minimum atomic E-state index is -0.00904. The molecular weight excluding hydrogens is 342 g/mol. The van der Waals surface area contributed by atoms with E-state index in [1.807, 2.05) is 23.6 Å². The van der Waals surface area contributed by atoms with E-state index in [2.05, 4.69) is 21.8 Å². The van der Waals surface area contributed by atoms with Crippen LogP contribution in [0.25, 0.3) is 0 Å². The molecule has 0 radical (unpaired) electrons. The van der Waals surface area contributed by atoms with Crippen LogP contribution >= 0.6 is 0 Å². The average Bonchev–Trinajstić information content (AvgIpc) is 3.28. The SMILES string of the molecule is C[C@@H]1Cc2c(C(=O)N3CCN(CCN4CCCC4)CC3)nn(C)c2[C@H](C)O1. The van der Waals surface area contributed by atoms with Gasteiger partial charge in [-0.3, -0.25) is 14.4 Å². The van der Waals surface area contributed by atoms with Crippen LogP contribution in [0, 0.1) is 0 Å². The maximum atomic E-state index is 13.2. The molecule has 27 heavy (non-hydrogen) atoms. The molecule has 7 heteroatoms. The number of aromatic nitrogens is 2. The summed E-state index contributed by atoms with van der Waals surface area (Å²) in [6, 6.07) is 0. The van der Waals surface area contributed by atoms with Gasteiger partial charge in [0.25, 0.3) is 5.91 Å². The van der Waals surface area contributed by atoms with E-state index in [0.717, 1.165) is 56.9 Å². The molecule has 150 valence electrons. The van der Waals surface area contributed by atoms with Crippen molar-refractivity contribution in [1.82, 2.24) is 24.5 Å². The molecular formula is C20H33N5O2. The summed E-state index contributed by atoms with van der Waals surface area (Å²) in [5, 5.41) is 4.59. The number of rotatable bonds is 4. The maximum Gasteiger partial charge on any atom is 0.274 e. The fourth-order valence-corrected chi connectivity index (χ4v) is 4.82. The van der Waals surface area contributed by atoms with Crippen molar-refractivity contribution in [3.05, 3.63) is 17.0 Å². The number of ether oxygens (including phenoxy) is 1. The van der Waals surface area contributed by atoms with Gasteiger partial charge in [0.1, 0.15) is 0 Å². The Labute approximate surface area is 162 Å². The first-order chi connectivity index (χ1) is 13.0. The molecule has 7 nitrogen and oxygen atoms in total. The largest absolute Gasteiger partial charge is 0.369 e. The average molecular weight is 376 g/mol. The summed E-state index contributed by atoms with van der Waals surface area (Å²) in [7, 11) is 1.92. The summed E-state index contributed by atoms with van der Waals surface area (Å²) in [5.74, 6) is 0.0901. The molecule has 2 fully saturated rings. The van der Waals surface area contributed by atoms with Gasteiger partial charge in [0.2, 0.25) is 0 Å². The molecule has 1 aromatic heterocycles. The van der Waals surface area contributed by atoms with Crippen molar-refractivity contribution in [2.75, 3.05) is 52.4 Å². The number of piperazine rings is 1. The Balaban J connectivity index is 1.36. The van der Waals surface area contributed by atoms with E-state index in [-0.39, 0.29) is 18.1 Å². The first-order valence-electron chi connectivity index (χ1n) is 10.5. The highest BCUT2D eigenvalue weighted by molar-refractivity contribution is 5.94. The third-order valence-corrected chi connectivity index (χ3v) is 6.30. The number of nitrogens with zero attached hydrogens (tertiary/aromatic N) is 5. The second kappa shape index (κ2) is 7.89. The van der Waals surface area contributed by atoms with E-state index in [0.29, 0.717) is 5.69 Å². The molecule has 2 atom stereocenters. The third kappa shape index (κ3) is 3.91. The minimum Gasteiger partial charge on any atom is -0.369 e. The number of carbonyl (C=O) groups is 1. The second-order valence-electron chi connectivity index (χ2n) is 8.31. The Morgan fingerprint density at radius 2 is 1.67 bits per heavy atom. The van der Waals surface area contributed by atoms with Crippen LogP contribution in [-0.4, -0.2) is 88.8 Å². The topological polar surface area (TPSA) is 53.8 Å². The Morgan fingerprint density at radius 1 is 1.04 bits per heavy atom. The molecule has 2 saturated heterocycles. The number of fused-ring (bicyclic) bond motifs is 1. The molecule has 3 aliphatic heterocycles. The van der Waals surface area contributed by atoms with Crippen LogP contribution in [0.2, 0.25) is 0 Å². The molecule has 4 rings (SSSR count). The van der Waals surface area contributed by atoms with Crippen LogP contribution in [0.3, 0.4) is 0 Å². The molecule has 4 heterocycles. The van der Waals surface area contributed by atoms with Gasteiger partial charge in [-0.25, -0.2) is 0 Å². The van der Waals surface area contributed by atoms with Crippen LogP contribution < -0.4 is 0 Å². The van der Waals surface area contributed by atoms with Crippen molar-refractivity contribution < 1.29 is 9.53 Å². The molecule has 0 saturated carbocycles. The van der Waals surface area contributed by atoms with Crippen LogP contribution in [0.1, 0.15) is 54.5 Å². The second-order valence-corrected chi connectivity index (χ2v) is 8.31. The van der Waals surface area contributed by atoms with Gasteiger partial charge < -0.3 is 14.5 Å². The van der Waals surface area contributed by atoms with E-state index < -0.39 is 0 Å². The van der Waals surface area contributed by atoms with Gasteiger partial charge in [-0.2, -0.15) is 5.10 Å². The number of aryl methyl sites for hydroxylation is 1. The minimum absolute atomic E-state index is 0.00904. The van der Waals surface area contributed by atoms with Crippen LogP contribution in [0.5, 0.6) is 0 Å². The van der Waals surface area contributed by atoms with Gasteiger partial charge in [-0.15, -0.1) is 0 Å². The predicted molar refractivity (Wildman–Crippen MR) is 104 cm³/mol. The highest BCUT2D eigenvalue weighted by Gasteiger charge is 2.33. The number of hydrogen-bond donors (Lipinski definition) is 0. The van der Waals surface area contributed by atoms with Crippen LogP contribution in [0.4, 0.5) is 0 Å². The van der Waals surface area contributed by atoms with Crippen molar-refractivity contribution in [1.29, 1.82) is 0 Å². The highest BCUT2D eigenvalue weighted by atomic mass is 16.5. The van der Waals surface area contributed by atoms with E-state index >= 15 is 0 Å². The smallest absolute Gasteiger partial charge is 0.274 e. The maximum absolute atomic E-state index is 13.2. The van der Waals surface area contributed by atoms with E-state index in [9.17, 15) is 4.79 Å². The lowest BCUT2D eigenvalue weighted by Crippen LogP contribution is -2.50. The highest BCUT2D eigenvalue weighted by Crippen LogP contribution is 2.32. The van der Waals surface area contributed by atoms with Gasteiger partial charge >= 0.3 is 0 Å². The molecule has 0 unspecified atom stereocenters. The van der Waals surface area contributed by atoms with Crippen molar-refractivity contribution in [3.8, 4) is 0 Å². The number of likely N-dealkylation sites (tertiary alicyclic amines) is 1. The first-order valence-corrected chi connectivity index (χ1v) is 10.5. The van der Waals surface area contributed by atoms with Crippen molar-refractivity contribution in [2.24, 2.45) is 7.05 Å². The third-order valence-electron chi connectivity index (χ3n) is 6.30. The summed E-state index contributed by atoms with van der Waals surface area (Å²) < 4.78 is 7.76. The Kier molecular flexibility index (Phi) is 5.53. The summed E-state index contributed by atoms with van der Waals surface area (Å²) in [5.41, 5.74) is 2.78. The van der Waals surface area contributed by atoms with E-state index in [1.165, 1.54) is 25.9 Å². The quantitative estimate of drug-likeness (QED) is 0.794. The molecule has 0 aliphatic carbocycles. The fraction of sp³-hybridized carbons (Fsp3) is 0.800. The number of amides is 1. The van der Waals surface area contributed by atoms with Gasteiger partial charge in [-0.1, -0.05) is 0 Å². The zero-order valence-electron chi connectivity index (χ0n) is 17.0. The Bertz CT molecular complexity index is 674. The summed E-state index contributed by atoms with van der Waals surface area (Å²) >= 11 is 0. The molecule has 1 amide bonds. The molecule has 0 aromatic carbocycles. The molecule has 3 aliphatic rings. The molecule has 0 bridgehead atoms. The number of carbonyl (C=O) groups excluding carboxylic acids is 1. The van der Waals surface area contributed by atoms with Crippen molar-refractivity contribution >= 4 is 5.91 Å². The lowest BCUT2D eigenvalue weighted by Gasteiger charge is -2.35. The van der Waals surface area contributed by atoms with E-state index in [4.69, 9.17) is 4.74 Å². The van der Waals surface area contributed by atoms with Gasteiger partial charge in [0.15, 0.2) is 5.69 Å². The Morgan fingerprint density at radius 3 is 2.33 bits per heavy atom. The molecule has 0 N–H and O–H groups in total. The zero-order chi connectivity index (χ0) is 19.0. The van der Waals surface area contributed by atoms with Crippen LogP contribution in [-0.2, 0) is 18.2 Å². The van der Waals surface area contributed by atoms with E-state index in [1.54, 1.807) is 0 Å². The van der Waals surface area contributed by atoms with Crippen LogP contribution in [0.15, 0.2) is 0 Å². The van der Waals surface area contributed by atoms with Crippen molar-refractivity contribution in [3.63, 3.8) is 0 Å². The summed E-state index contributed by atoms with van der Waals surface area (Å²) in [6.45, 7) is 12.4. The summed E-state index contributed by atoms with van der Waals surface area (Å²) in [4.78, 5) is 20.2. The van der Waals surface area contributed by atoms with Gasteiger partial charge in [0, 0.05) is 58.3 Å². The zero-order valence-corrected chi connectivity index (χ0v) is 17.0.